The van der Waals surface area contributed by atoms with Gasteiger partial charge in [0.1, 0.15) is 19.3 Å². The van der Waals surface area contributed by atoms with Gasteiger partial charge in [0.2, 0.25) is 0 Å². The molecule has 3 N–H and O–H groups in total. The smallest absolute Gasteiger partial charge is 0.462 e. The first-order valence-electron chi connectivity index (χ1n) is 38.1. The normalized spacial score (nSPS) is 14.8. The number of unbranched alkanes of at least 4 members (excludes halogenated alkanes) is 20. The standard InChI is InChI=1S/C81H134O17P2/c1-5-9-13-17-21-25-29-33-36-37-40-43-46-50-54-58-62-66-79(84)92-72-77(98-81(86)68-64-60-56-52-48-44-39-35-31-27-23-19-15-11-7-3)74-96-100(89,90)94-70-75(82)69-93-99(87,88)95-73-76(97-80(85)67-63-59-55-51-47-41-32-28-24-20-16-12-8-4)71-91-78(83)65-61-57-53-49-45-42-38-34-30-26-22-18-14-10-6-2/h9,11,13,15-16,20-21,23,25,27-28,32-36,38-40,43,48,50,52,54,75-77,82H,5-8,10,12,14,17-19,22,24,26,29-31,37,41-42,44-47,49,51,53,55-74H2,1-4H3,(H,87,88)(H,89,90)/b13-9-,15-11-,20-16-,25-21-,27-23-,32-28-,36-33-,38-34-,39-35-,43-40-,52-48-,54-50-. The Morgan fingerprint density at radius 3 is 0.910 bits per heavy atom. The predicted molar refractivity (Wildman–Crippen MR) is 408 cm³/mol. The fourth-order valence-corrected chi connectivity index (χ4v) is 11.1. The van der Waals surface area contributed by atoms with Crippen LogP contribution in [0, 0.1) is 0 Å². The van der Waals surface area contributed by atoms with Gasteiger partial charge in [-0.2, -0.15) is 0 Å². The van der Waals surface area contributed by atoms with Gasteiger partial charge in [0.05, 0.1) is 26.4 Å². The lowest BCUT2D eigenvalue weighted by molar-refractivity contribution is -0.161. The van der Waals surface area contributed by atoms with Crippen molar-refractivity contribution < 1.29 is 80.2 Å². The van der Waals surface area contributed by atoms with Crippen molar-refractivity contribution in [3.63, 3.8) is 0 Å². The Bertz CT molecular complexity index is 2470. The Balaban J connectivity index is 5.46. The molecule has 0 fully saturated rings. The molecule has 5 unspecified atom stereocenters. The highest BCUT2D eigenvalue weighted by atomic mass is 31.2. The molecule has 0 radical (unpaired) electrons. The number of ether oxygens (including phenoxy) is 4. The Labute approximate surface area is 605 Å². The van der Waals surface area contributed by atoms with Crippen molar-refractivity contribution >= 4 is 39.5 Å². The first-order chi connectivity index (χ1) is 48.7. The number of phosphoric ester groups is 2. The molecule has 0 aliphatic carbocycles. The number of rotatable bonds is 70. The number of esters is 4. The summed E-state index contributed by atoms with van der Waals surface area (Å²) in [4.78, 5) is 72.8. The van der Waals surface area contributed by atoms with E-state index in [4.69, 9.17) is 37.0 Å². The molecule has 570 valence electrons. The third-order valence-electron chi connectivity index (χ3n) is 15.2. The average molecular weight is 1440 g/mol. The number of hydrogen-bond donors (Lipinski definition) is 3. The van der Waals surface area contributed by atoms with Crippen LogP contribution in [0.2, 0.25) is 0 Å². The second-order valence-corrected chi connectivity index (χ2v) is 27.7. The SMILES string of the molecule is CC/C=C\C/C=C\C/C=C\C/C=C\C/C=C\CCCC(=O)OCC(COP(=O)(O)OCC(O)COP(=O)(O)OCC(COC(=O)CCCCCCC/C=C\CCCCCCCC)OC(=O)CCCCCCC/C=C\C/C=C\CCC)OC(=O)CCCC/C=C\C/C=C\C/C=C\C/C=C\CC. The summed E-state index contributed by atoms with van der Waals surface area (Å²) in [5.41, 5.74) is 0. The average Bonchev–Trinajstić information content (AvgIpc) is 1.06. The van der Waals surface area contributed by atoms with Gasteiger partial charge in [-0.05, 0) is 154 Å². The molecule has 0 aromatic heterocycles. The summed E-state index contributed by atoms with van der Waals surface area (Å²) >= 11 is 0. The fourth-order valence-electron chi connectivity index (χ4n) is 9.51. The summed E-state index contributed by atoms with van der Waals surface area (Å²) in [6, 6.07) is 0. The number of carbonyl (C=O) groups is 4. The first-order valence-corrected chi connectivity index (χ1v) is 41.1. The maximum absolute atomic E-state index is 13.1. The van der Waals surface area contributed by atoms with E-state index in [9.17, 15) is 43.2 Å². The summed E-state index contributed by atoms with van der Waals surface area (Å²) in [5, 5.41) is 10.6. The number of carbonyl (C=O) groups excluding carboxylic acids is 4. The summed E-state index contributed by atoms with van der Waals surface area (Å²) in [6.07, 6.45) is 81.4. The molecule has 5 atom stereocenters. The predicted octanol–water partition coefficient (Wildman–Crippen LogP) is 21.9. The van der Waals surface area contributed by atoms with Crippen LogP contribution < -0.4 is 0 Å². The van der Waals surface area contributed by atoms with Gasteiger partial charge >= 0.3 is 39.5 Å². The lowest BCUT2D eigenvalue weighted by Gasteiger charge is -2.21. The van der Waals surface area contributed by atoms with Gasteiger partial charge in [-0.25, -0.2) is 9.13 Å². The zero-order valence-corrected chi connectivity index (χ0v) is 63.9. The second kappa shape index (κ2) is 72.3. The van der Waals surface area contributed by atoms with Crippen molar-refractivity contribution in [1.29, 1.82) is 0 Å². The molecule has 0 aromatic carbocycles. The molecule has 0 spiro atoms. The molecule has 0 amide bonds. The molecule has 0 aliphatic heterocycles. The molecule has 0 heterocycles. The molecule has 100 heavy (non-hydrogen) atoms. The van der Waals surface area contributed by atoms with Crippen LogP contribution in [-0.2, 0) is 65.4 Å². The molecule has 0 saturated carbocycles. The van der Waals surface area contributed by atoms with Crippen LogP contribution in [0.4, 0.5) is 0 Å². The number of aliphatic hydroxyl groups is 1. The van der Waals surface area contributed by atoms with E-state index in [0.717, 1.165) is 154 Å². The largest absolute Gasteiger partial charge is 0.472 e. The van der Waals surface area contributed by atoms with Gasteiger partial charge in [-0.3, -0.25) is 37.3 Å². The fraction of sp³-hybridized carbons (Fsp3) is 0.654. The lowest BCUT2D eigenvalue weighted by Crippen LogP contribution is -2.30. The zero-order chi connectivity index (χ0) is 73.2. The number of allylic oxidation sites excluding steroid dienone is 24. The maximum atomic E-state index is 13.1. The highest BCUT2D eigenvalue weighted by Gasteiger charge is 2.30. The van der Waals surface area contributed by atoms with Crippen molar-refractivity contribution in [1.82, 2.24) is 0 Å². The summed E-state index contributed by atoms with van der Waals surface area (Å²) < 4.78 is 68.3. The Hall–Kier alpha value is -5.06. The van der Waals surface area contributed by atoms with Gasteiger partial charge in [-0.15, -0.1) is 0 Å². The third kappa shape index (κ3) is 71.3. The zero-order valence-electron chi connectivity index (χ0n) is 62.1. The number of hydrogen-bond acceptors (Lipinski definition) is 15. The molecular weight excluding hydrogens is 1310 g/mol. The molecule has 17 nitrogen and oxygen atoms in total. The Morgan fingerprint density at radius 1 is 0.290 bits per heavy atom. The Morgan fingerprint density at radius 2 is 0.550 bits per heavy atom. The van der Waals surface area contributed by atoms with Crippen LogP contribution in [0.25, 0.3) is 0 Å². The van der Waals surface area contributed by atoms with Crippen molar-refractivity contribution in [3.8, 4) is 0 Å². The minimum Gasteiger partial charge on any atom is -0.462 e. The van der Waals surface area contributed by atoms with Gasteiger partial charge in [0, 0.05) is 25.7 Å². The maximum Gasteiger partial charge on any atom is 0.472 e. The minimum atomic E-state index is -5.00. The van der Waals surface area contributed by atoms with E-state index >= 15 is 0 Å². The van der Waals surface area contributed by atoms with Crippen LogP contribution >= 0.6 is 15.6 Å². The van der Waals surface area contributed by atoms with E-state index in [-0.39, 0.29) is 25.7 Å². The van der Waals surface area contributed by atoms with Crippen molar-refractivity contribution in [3.05, 3.63) is 146 Å². The van der Waals surface area contributed by atoms with Crippen LogP contribution in [0.15, 0.2) is 146 Å². The van der Waals surface area contributed by atoms with Gasteiger partial charge in [0.25, 0.3) is 0 Å². The summed E-state index contributed by atoms with van der Waals surface area (Å²) in [7, 11) is -9.99. The van der Waals surface area contributed by atoms with E-state index in [0.29, 0.717) is 38.5 Å². The first kappa shape index (κ1) is 94.9. The quantitative estimate of drug-likeness (QED) is 0.0169. The van der Waals surface area contributed by atoms with Crippen LogP contribution in [0.3, 0.4) is 0 Å². The van der Waals surface area contributed by atoms with Crippen LogP contribution in [0.5, 0.6) is 0 Å². The van der Waals surface area contributed by atoms with Gasteiger partial charge in [-0.1, -0.05) is 251 Å². The highest BCUT2D eigenvalue weighted by Crippen LogP contribution is 2.45. The molecule has 0 rings (SSSR count). The topological polar surface area (TPSA) is 237 Å². The van der Waals surface area contributed by atoms with E-state index in [1.54, 1.807) is 0 Å². The minimum absolute atomic E-state index is 0.0254. The number of phosphoric acid groups is 2. The summed E-state index contributed by atoms with van der Waals surface area (Å²) in [6.45, 7) is 4.42. The van der Waals surface area contributed by atoms with E-state index < -0.39 is 97.5 Å². The van der Waals surface area contributed by atoms with Crippen molar-refractivity contribution in [2.45, 2.75) is 303 Å². The molecular formula is C81H134O17P2. The van der Waals surface area contributed by atoms with Gasteiger partial charge < -0.3 is 33.8 Å². The number of aliphatic hydroxyl groups excluding tert-OH is 1. The van der Waals surface area contributed by atoms with E-state index in [1.807, 2.05) is 12.2 Å². The highest BCUT2D eigenvalue weighted by molar-refractivity contribution is 7.47. The monoisotopic (exact) mass is 1440 g/mol. The lowest BCUT2D eigenvalue weighted by atomic mass is 10.1. The molecule has 0 bridgehead atoms. The summed E-state index contributed by atoms with van der Waals surface area (Å²) in [5.74, 6) is -2.32. The third-order valence-corrected chi connectivity index (χ3v) is 17.2. The second-order valence-electron chi connectivity index (χ2n) is 24.8. The van der Waals surface area contributed by atoms with Crippen molar-refractivity contribution in [2.24, 2.45) is 0 Å². The molecule has 0 saturated heterocycles. The van der Waals surface area contributed by atoms with E-state index in [1.165, 1.54) is 38.5 Å². The van der Waals surface area contributed by atoms with Crippen molar-refractivity contribution in [2.75, 3.05) is 39.6 Å². The van der Waals surface area contributed by atoms with Crippen LogP contribution in [0.1, 0.15) is 285 Å². The van der Waals surface area contributed by atoms with Gasteiger partial charge in [0.15, 0.2) is 12.2 Å². The molecule has 19 heteroatoms. The molecule has 0 aromatic rings. The Kier molecular flexibility index (Phi) is 68.6. The van der Waals surface area contributed by atoms with Crippen LogP contribution in [-0.4, -0.2) is 96.7 Å². The van der Waals surface area contributed by atoms with E-state index in [2.05, 4.69) is 161 Å². The molecule has 0 aliphatic rings.